The molecule has 0 aliphatic carbocycles. The van der Waals surface area contributed by atoms with Gasteiger partial charge in [-0.25, -0.2) is 0 Å². The average molecular weight is 643 g/mol. The number of benzene rings is 2. The Morgan fingerprint density at radius 2 is 1.18 bits per heavy atom. The second-order valence-electron chi connectivity index (χ2n) is 10.4. The van der Waals surface area contributed by atoms with E-state index in [1.165, 1.54) is 6.07 Å². The molecule has 1 aromatic heterocycles. The maximum atomic E-state index is 13.4. The zero-order chi connectivity index (χ0) is 32.9. The van der Waals surface area contributed by atoms with Gasteiger partial charge in [0.2, 0.25) is 29.8 Å². The summed E-state index contributed by atoms with van der Waals surface area (Å²) in [4.78, 5) is 13.4. The number of phenolic OH excluding ortho intramolecular Hbond substituents is 4. The van der Waals surface area contributed by atoms with Gasteiger partial charge in [0.1, 0.15) is 60.0 Å². The predicted molar refractivity (Wildman–Crippen MR) is 143 cm³/mol. The predicted octanol–water partition coefficient (Wildman–Crippen LogP) is -3.36. The maximum Gasteiger partial charge on any atom is 0.229 e. The van der Waals surface area contributed by atoms with Gasteiger partial charge in [-0.15, -0.1) is 0 Å². The van der Waals surface area contributed by atoms with E-state index in [4.69, 9.17) is 23.4 Å². The summed E-state index contributed by atoms with van der Waals surface area (Å²) in [5.74, 6) is -5.62. The molecule has 0 bridgehead atoms. The number of aliphatic hydroxyl groups is 8. The smallest absolute Gasteiger partial charge is 0.229 e. The minimum atomic E-state index is -2.04. The Labute approximate surface area is 250 Å². The number of fused-ring (bicyclic) bond motifs is 1. The van der Waals surface area contributed by atoms with Crippen LogP contribution in [0.2, 0.25) is 0 Å². The molecule has 3 heterocycles. The van der Waals surface area contributed by atoms with Crippen LogP contribution >= 0.6 is 0 Å². The van der Waals surface area contributed by atoms with Crippen molar-refractivity contribution in [1.82, 2.24) is 0 Å². The molecule has 0 saturated carbocycles. The molecule has 10 atom stereocenters. The van der Waals surface area contributed by atoms with Gasteiger partial charge in [0.05, 0.1) is 13.2 Å². The molecule has 2 aliphatic rings. The summed E-state index contributed by atoms with van der Waals surface area (Å²) in [5, 5.41) is 122. The topological polar surface area (TPSA) is 310 Å². The van der Waals surface area contributed by atoms with Crippen molar-refractivity contribution in [3.8, 4) is 45.8 Å². The highest BCUT2D eigenvalue weighted by atomic mass is 16.7. The van der Waals surface area contributed by atoms with E-state index in [2.05, 4.69) is 0 Å². The van der Waals surface area contributed by atoms with Gasteiger partial charge in [0.25, 0.3) is 0 Å². The van der Waals surface area contributed by atoms with E-state index in [0.29, 0.717) is 0 Å². The van der Waals surface area contributed by atoms with Crippen molar-refractivity contribution in [2.45, 2.75) is 61.4 Å². The van der Waals surface area contributed by atoms with E-state index in [1.54, 1.807) is 0 Å². The van der Waals surface area contributed by atoms with E-state index in [1.807, 2.05) is 0 Å². The summed E-state index contributed by atoms with van der Waals surface area (Å²) in [6, 6.07) is 4.19. The third-order valence-electron chi connectivity index (χ3n) is 7.46. The summed E-state index contributed by atoms with van der Waals surface area (Å²) in [5.41, 5.74) is -1.73. The Bertz CT molecular complexity index is 1600. The molecule has 45 heavy (non-hydrogen) atoms. The van der Waals surface area contributed by atoms with Crippen LogP contribution in [0.25, 0.3) is 22.3 Å². The van der Waals surface area contributed by atoms with Gasteiger partial charge in [-0.3, -0.25) is 4.79 Å². The zero-order valence-corrected chi connectivity index (χ0v) is 22.8. The molecule has 5 rings (SSSR count). The van der Waals surface area contributed by atoms with Crippen molar-refractivity contribution in [3.05, 3.63) is 34.5 Å². The molecule has 0 radical (unpaired) electrons. The Hall–Kier alpha value is -3.95. The summed E-state index contributed by atoms with van der Waals surface area (Å²) in [6.45, 7) is -1.71. The normalized spacial score (nSPS) is 32.0. The third kappa shape index (κ3) is 5.68. The fourth-order valence-electron chi connectivity index (χ4n) is 4.92. The van der Waals surface area contributed by atoms with Crippen molar-refractivity contribution in [1.29, 1.82) is 0 Å². The molecule has 0 amide bonds. The lowest BCUT2D eigenvalue weighted by atomic mass is 9.99. The van der Waals surface area contributed by atoms with Crippen molar-refractivity contribution < 1.29 is 84.6 Å². The number of phenols is 4. The molecule has 0 unspecified atom stereocenters. The highest BCUT2D eigenvalue weighted by Crippen LogP contribution is 2.51. The van der Waals surface area contributed by atoms with Crippen LogP contribution in [0, 0.1) is 0 Å². The lowest BCUT2D eigenvalue weighted by molar-refractivity contribution is -0.279. The zero-order valence-electron chi connectivity index (χ0n) is 22.8. The van der Waals surface area contributed by atoms with Gasteiger partial charge < -0.3 is 84.6 Å². The SMILES string of the molecule is O=c1cc(-c2ccc(O)c(O)c2)oc2c(O[C@@H]3O[C@H](CO)[C@@H](O)[C@H](O)[C@H]3O)c(O)c(O[C@@H]3O[C@H](CO)[C@@H](O)[C@H](O)[C@H]3O)c(O)c12. The van der Waals surface area contributed by atoms with Crippen molar-refractivity contribution in [2.24, 2.45) is 0 Å². The summed E-state index contributed by atoms with van der Waals surface area (Å²) < 4.78 is 27.3. The van der Waals surface area contributed by atoms with Gasteiger partial charge in [0.15, 0.2) is 28.3 Å². The van der Waals surface area contributed by atoms with E-state index in [9.17, 15) is 66.1 Å². The lowest BCUT2D eigenvalue weighted by Crippen LogP contribution is -2.60. The number of rotatable bonds is 7. The first-order chi connectivity index (χ1) is 21.3. The third-order valence-corrected chi connectivity index (χ3v) is 7.46. The van der Waals surface area contributed by atoms with E-state index >= 15 is 0 Å². The highest BCUT2D eigenvalue weighted by Gasteiger charge is 2.47. The molecule has 3 aromatic rings. The van der Waals surface area contributed by atoms with Crippen molar-refractivity contribution in [3.63, 3.8) is 0 Å². The van der Waals surface area contributed by atoms with Crippen molar-refractivity contribution >= 4 is 11.0 Å². The number of hydrogen-bond donors (Lipinski definition) is 12. The molecule has 2 aliphatic heterocycles. The van der Waals surface area contributed by atoms with Gasteiger partial charge in [-0.2, -0.15) is 0 Å². The summed E-state index contributed by atoms with van der Waals surface area (Å²) in [6.07, 6.45) is -18.5. The molecule has 12 N–H and O–H groups in total. The largest absolute Gasteiger partial charge is 0.504 e. The Balaban J connectivity index is 1.68. The van der Waals surface area contributed by atoms with Crippen LogP contribution in [0.4, 0.5) is 0 Å². The van der Waals surface area contributed by atoms with Crippen LogP contribution in [0.15, 0.2) is 33.5 Å². The molecule has 2 fully saturated rings. The monoisotopic (exact) mass is 642 g/mol. The molecular formula is C27H30O18. The fraction of sp³-hybridized carbons (Fsp3) is 0.444. The van der Waals surface area contributed by atoms with Crippen LogP contribution in [0.5, 0.6) is 34.5 Å². The second kappa shape index (κ2) is 12.4. The molecule has 246 valence electrons. The molecular weight excluding hydrogens is 612 g/mol. The Morgan fingerprint density at radius 3 is 1.69 bits per heavy atom. The molecule has 18 nitrogen and oxygen atoms in total. The van der Waals surface area contributed by atoms with Crippen LogP contribution in [-0.2, 0) is 9.47 Å². The molecule has 2 saturated heterocycles. The Kier molecular flexibility index (Phi) is 8.97. The number of ether oxygens (including phenoxy) is 4. The minimum absolute atomic E-state index is 0.0173. The van der Waals surface area contributed by atoms with Crippen LogP contribution in [0.1, 0.15) is 0 Å². The van der Waals surface area contributed by atoms with Crippen LogP contribution in [-0.4, -0.2) is 136 Å². The first-order valence-electron chi connectivity index (χ1n) is 13.3. The summed E-state index contributed by atoms with van der Waals surface area (Å²) >= 11 is 0. The maximum absolute atomic E-state index is 13.4. The van der Waals surface area contributed by atoms with Crippen molar-refractivity contribution in [2.75, 3.05) is 13.2 Å². The number of hydrogen-bond acceptors (Lipinski definition) is 18. The second-order valence-corrected chi connectivity index (χ2v) is 10.4. The van der Waals surface area contributed by atoms with Crippen LogP contribution in [0.3, 0.4) is 0 Å². The van der Waals surface area contributed by atoms with E-state index < -0.39 is 126 Å². The Morgan fingerprint density at radius 1 is 0.644 bits per heavy atom. The van der Waals surface area contributed by atoms with Gasteiger partial charge in [-0.1, -0.05) is 0 Å². The van der Waals surface area contributed by atoms with Gasteiger partial charge in [0, 0.05) is 11.6 Å². The first kappa shape index (κ1) is 32.4. The van der Waals surface area contributed by atoms with Gasteiger partial charge in [-0.05, 0) is 18.2 Å². The standard InChI is InChI=1S/C27H30O18/c28-5-12-15(33)18(36)20(38)26(42-12)44-24-17(35)14-10(32)4-11(7-1-2-8(30)9(31)3-7)41-23(14)25(22(24)40)45-27-21(39)19(37)16(34)13(6-29)43-27/h1-4,12-13,15-16,18-21,26-31,33-40H,5-6H2/t12-,13-,15-,16-,18+,19+,20-,21-,26+,27+/m1/s1. The molecule has 2 aromatic carbocycles. The highest BCUT2D eigenvalue weighted by molar-refractivity contribution is 5.95. The van der Waals surface area contributed by atoms with E-state index in [0.717, 1.165) is 18.2 Å². The molecule has 0 spiro atoms. The average Bonchev–Trinajstić information content (AvgIpc) is 3.01. The number of aromatic hydroxyl groups is 4. The van der Waals surface area contributed by atoms with Crippen LogP contribution < -0.4 is 14.9 Å². The number of aliphatic hydroxyl groups excluding tert-OH is 8. The quantitative estimate of drug-likeness (QED) is 0.112. The lowest BCUT2D eigenvalue weighted by Gasteiger charge is -2.40. The summed E-state index contributed by atoms with van der Waals surface area (Å²) in [7, 11) is 0. The minimum Gasteiger partial charge on any atom is -0.504 e. The fourth-order valence-corrected chi connectivity index (χ4v) is 4.92. The van der Waals surface area contributed by atoms with Gasteiger partial charge >= 0.3 is 0 Å². The first-order valence-corrected chi connectivity index (χ1v) is 13.3. The molecule has 18 heteroatoms. The van der Waals surface area contributed by atoms with E-state index in [-0.39, 0.29) is 11.3 Å².